The number of aromatic nitrogens is 2. The molecule has 5 heterocycles. The van der Waals surface area contributed by atoms with Gasteiger partial charge in [-0.1, -0.05) is 17.3 Å². The Labute approximate surface area is 155 Å². The Hall–Kier alpha value is -2.25. The molecule has 1 aromatic carbocycles. The zero-order chi connectivity index (χ0) is 17.7. The summed E-state index contributed by atoms with van der Waals surface area (Å²) in [5.41, 5.74) is 0.903. The van der Waals surface area contributed by atoms with Crippen molar-refractivity contribution in [1.82, 2.24) is 20.4 Å². The first-order chi connectivity index (χ1) is 12.7. The van der Waals surface area contributed by atoms with Gasteiger partial charge in [-0.05, 0) is 49.4 Å². The maximum Gasteiger partial charge on any atom is 0.261 e. The average Bonchev–Trinajstić information content (AvgIpc) is 3.28. The minimum Gasteiger partial charge on any atom is -0.347 e. The van der Waals surface area contributed by atoms with E-state index in [1.807, 2.05) is 24.3 Å². The van der Waals surface area contributed by atoms with Crippen molar-refractivity contribution in [3.63, 3.8) is 0 Å². The highest BCUT2D eigenvalue weighted by Crippen LogP contribution is 2.31. The number of nitrogens with one attached hydrogen (secondary N) is 1. The summed E-state index contributed by atoms with van der Waals surface area (Å²) in [5, 5.41) is 8.30. The minimum atomic E-state index is 0.0434. The minimum absolute atomic E-state index is 0.0434. The second-order valence-electron chi connectivity index (χ2n) is 7.22. The number of rotatable bonds is 3. The summed E-state index contributed by atoms with van der Waals surface area (Å²) in [6.45, 7) is 5.12. The van der Waals surface area contributed by atoms with Crippen molar-refractivity contribution >= 4 is 27.3 Å². The summed E-state index contributed by atoms with van der Waals surface area (Å²) in [4.78, 5) is 20.2. The van der Waals surface area contributed by atoms with Gasteiger partial charge in [-0.25, -0.2) is 0 Å². The first kappa shape index (κ1) is 16.0. The van der Waals surface area contributed by atoms with Crippen LogP contribution in [0.1, 0.15) is 28.4 Å². The zero-order valence-electron chi connectivity index (χ0n) is 14.6. The van der Waals surface area contributed by atoms with Crippen molar-refractivity contribution in [2.75, 3.05) is 19.6 Å². The van der Waals surface area contributed by atoms with E-state index >= 15 is 0 Å². The third-order valence-corrected chi connectivity index (χ3v) is 6.60. The van der Waals surface area contributed by atoms with Crippen molar-refractivity contribution in [2.24, 2.45) is 5.92 Å². The third-order valence-electron chi connectivity index (χ3n) is 5.50. The molecule has 3 fully saturated rings. The van der Waals surface area contributed by atoms with E-state index in [9.17, 15) is 4.79 Å². The summed E-state index contributed by atoms with van der Waals surface area (Å²) < 4.78 is 6.12. The third kappa shape index (κ3) is 2.81. The van der Waals surface area contributed by atoms with Gasteiger partial charge in [0, 0.05) is 29.8 Å². The predicted molar refractivity (Wildman–Crippen MR) is 100 cm³/mol. The van der Waals surface area contributed by atoms with Crippen LogP contribution in [0.25, 0.3) is 21.5 Å². The Balaban J connectivity index is 1.38. The quantitative estimate of drug-likeness (QED) is 0.769. The average molecular weight is 368 g/mol. The Bertz CT molecular complexity index is 971. The van der Waals surface area contributed by atoms with Crippen LogP contribution in [-0.4, -0.2) is 46.6 Å². The van der Waals surface area contributed by atoms with Crippen LogP contribution in [0.2, 0.25) is 0 Å². The van der Waals surface area contributed by atoms with Gasteiger partial charge in [-0.3, -0.25) is 4.79 Å². The number of fused-ring (bicyclic) bond motifs is 4. The van der Waals surface area contributed by atoms with Gasteiger partial charge in [0.25, 0.3) is 5.91 Å². The van der Waals surface area contributed by atoms with Crippen molar-refractivity contribution < 1.29 is 9.32 Å². The monoisotopic (exact) mass is 368 g/mol. The largest absolute Gasteiger partial charge is 0.347 e. The highest BCUT2D eigenvalue weighted by Gasteiger charge is 2.35. The first-order valence-electron chi connectivity index (χ1n) is 9.03. The molecular formula is C19H20N4O2S. The number of nitrogens with zero attached hydrogens (tertiary/aromatic N) is 3. The van der Waals surface area contributed by atoms with Gasteiger partial charge in [-0.2, -0.15) is 4.98 Å². The van der Waals surface area contributed by atoms with E-state index in [1.54, 1.807) is 6.92 Å². The number of amides is 1. The van der Waals surface area contributed by atoms with E-state index < -0.39 is 0 Å². The summed E-state index contributed by atoms with van der Waals surface area (Å²) in [5.74, 6) is 1.80. The van der Waals surface area contributed by atoms with Crippen molar-refractivity contribution in [1.29, 1.82) is 0 Å². The van der Waals surface area contributed by atoms with Crippen molar-refractivity contribution in [2.45, 2.75) is 25.8 Å². The lowest BCUT2D eigenvalue weighted by atomic mass is 9.84. The molecule has 0 saturated carbocycles. The molecule has 0 spiro atoms. The Morgan fingerprint density at radius 1 is 1.31 bits per heavy atom. The molecule has 134 valence electrons. The van der Waals surface area contributed by atoms with Gasteiger partial charge in [0.2, 0.25) is 11.7 Å². The Morgan fingerprint density at radius 2 is 2.15 bits per heavy atom. The van der Waals surface area contributed by atoms with E-state index in [0.717, 1.165) is 27.1 Å². The van der Waals surface area contributed by atoms with Crippen LogP contribution in [0.4, 0.5) is 0 Å². The molecule has 0 radical (unpaired) electrons. The lowest BCUT2D eigenvalue weighted by Gasteiger charge is -2.44. The Kier molecular flexibility index (Phi) is 3.79. The number of thiophene rings is 1. The summed E-state index contributed by atoms with van der Waals surface area (Å²) in [7, 11) is 0. The molecule has 1 atom stereocenters. The maximum absolute atomic E-state index is 12.8. The summed E-state index contributed by atoms with van der Waals surface area (Å²) in [6.07, 6.45) is 2.40. The van der Waals surface area contributed by atoms with Gasteiger partial charge in [-0.15, -0.1) is 11.3 Å². The van der Waals surface area contributed by atoms with E-state index in [2.05, 4.69) is 20.4 Å². The molecule has 3 aromatic rings. The molecule has 3 saturated heterocycles. The van der Waals surface area contributed by atoms with Gasteiger partial charge in [0.05, 0.1) is 4.88 Å². The molecule has 2 bridgehead atoms. The molecule has 26 heavy (non-hydrogen) atoms. The number of carbonyl (C=O) groups excluding carboxylic acids is 1. The molecule has 6 nitrogen and oxygen atoms in total. The van der Waals surface area contributed by atoms with E-state index in [0.29, 0.717) is 17.6 Å². The first-order valence-corrected chi connectivity index (χ1v) is 9.85. The molecule has 6 rings (SSSR count). The fraction of sp³-hybridized carbons (Fsp3) is 0.421. The maximum atomic E-state index is 12.8. The van der Waals surface area contributed by atoms with Crippen molar-refractivity contribution in [3.8, 4) is 11.4 Å². The number of benzene rings is 1. The smallest absolute Gasteiger partial charge is 0.261 e. The zero-order valence-corrected chi connectivity index (χ0v) is 15.4. The van der Waals surface area contributed by atoms with Crippen LogP contribution in [0.5, 0.6) is 0 Å². The van der Waals surface area contributed by atoms with Crippen LogP contribution in [0, 0.1) is 12.8 Å². The summed E-state index contributed by atoms with van der Waals surface area (Å²) in [6, 6.07) is 8.26. The summed E-state index contributed by atoms with van der Waals surface area (Å²) >= 11 is 1.52. The molecular weight excluding hydrogens is 348 g/mol. The number of hydrogen-bond donors (Lipinski definition) is 1. The molecule has 0 aliphatic carbocycles. The van der Waals surface area contributed by atoms with E-state index in [-0.39, 0.29) is 11.9 Å². The van der Waals surface area contributed by atoms with Crippen molar-refractivity contribution in [3.05, 3.63) is 35.0 Å². The number of aryl methyl sites for hydroxylation is 1. The van der Waals surface area contributed by atoms with Gasteiger partial charge in [0.15, 0.2) is 0 Å². The van der Waals surface area contributed by atoms with E-state index in [4.69, 9.17) is 4.52 Å². The Morgan fingerprint density at radius 3 is 2.85 bits per heavy atom. The molecule has 1 N–H and O–H groups in total. The second-order valence-corrected chi connectivity index (χ2v) is 8.30. The highest BCUT2D eigenvalue weighted by atomic mass is 32.1. The molecule has 1 unspecified atom stereocenters. The van der Waals surface area contributed by atoms with E-state index in [1.165, 1.54) is 37.3 Å². The standard InChI is InChI=1S/C19H20N4O2S/c1-11-20-18(22-25-11)14-3-2-13-8-17(26-16(13)9-14)19(24)21-15-10-23-6-4-12(15)5-7-23/h2-3,8-9,12,15H,4-7,10H2,1H3,(H,21,24). The molecule has 1 amide bonds. The fourth-order valence-electron chi connectivity index (χ4n) is 4.07. The van der Waals surface area contributed by atoms with Crippen LogP contribution in [-0.2, 0) is 0 Å². The molecule has 3 aliphatic rings. The SMILES string of the molecule is Cc1nc(-c2ccc3cc(C(=O)NC4CN5CCC4CC5)sc3c2)no1. The van der Waals surface area contributed by atoms with Crippen LogP contribution < -0.4 is 5.32 Å². The number of carbonyl (C=O) groups is 1. The number of piperidine rings is 3. The lowest BCUT2D eigenvalue weighted by molar-refractivity contribution is 0.0622. The normalized spacial score (nSPS) is 24.9. The molecule has 3 aliphatic heterocycles. The topological polar surface area (TPSA) is 71.3 Å². The fourth-order valence-corrected chi connectivity index (χ4v) is 5.07. The van der Waals surface area contributed by atoms with Gasteiger partial charge >= 0.3 is 0 Å². The molecule has 2 aromatic heterocycles. The van der Waals surface area contributed by atoms with Crippen LogP contribution in [0.15, 0.2) is 28.8 Å². The van der Waals surface area contributed by atoms with Gasteiger partial charge in [0.1, 0.15) is 0 Å². The second kappa shape index (κ2) is 6.17. The van der Waals surface area contributed by atoms with Crippen LogP contribution in [0.3, 0.4) is 0 Å². The predicted octanol–water partition coefficient (Wildman–Crippen LogP) is 3.08. The molecule has 7 heteroatoms. The number of hydrogen-bond acceptors (Lipinski definition) is 6. The van der Waals surface area contributed by atoms with Crippen LogP contribution >= 0.6 is 11.3 Å². The van der Waals surface area contributed by atoms with Gasteiger partial charge < -0.3 is 14.7 Å². The lowest BCUT2D eigenvalue weighted by Crippen LogP contribution is -2.57. The highest BCUT2D eigenvalue weighted by molar-refractivity contribution is 7.20.